The van der Waals surface area contributed by atoms with Gasteiger partial charge in [0.1, 0.15) is 0 Å². The molecule has 0 aliphatic rings. The van der Waals surface area contributed by atoms with Gasteiger partial charge in [0.05, 0.1) is 0 Å². The Kier molecular flexibility index (Phi) is 4.32. The van der Waals surface area contributed by atoms with Crippen molar-refractivity contribution < 1.29 is 9.59 Å². The molecule has 0 heterocycles. The van der Waals surface area contributed by atoms with E-state index in [2.05, 4.69) is 10.6 Å². The molecule has 0 saturated carbocycles. The molecule has 86 valence electrons. The quantitative estimate of drug-likeness (QED) is 0.691. The first-order valence-electron chi connectivity index (χ1n) is 4.98. The molecule has 1 aromatic rings. The second-order valence-corrected chi connectivity index (χ2v) is 3.40. The van der Waals surface area contributed by atoms with Crippen molar-refractivity contribution in [3.8, 4) is 0 Å². The van der Waals surface area contributed by atoms with Gasteiger partial charge in [0.2, 0.25) is 11.8 Å². The third kappa shape index (κ3) is 4.45. The molecule has 0 aliphatic heterocycles. The molecule has 0 aliphatic carbocycles. The lowest BCUT2D eigenvalue weighted by Gasteiger charge is -2.06. The van der Waals surface area contributed by atoms with Crippen LogP contribution >= 0.6 is 0 Å². The zero-order valence-electron chi connectivity index (χ0n) is 9.12. The lowest BCUT2D eigenvalue weighted by Crippen LogP contribution is -2.15. The van der Waals surface area contributed by atoms with Crippen molar-refractivity contribution in [2.24, 2.45) is 5.73 Å². The summed E-state index contributed by atoms with van der Waals surface area (Å²) in [6.45, 7) is 1.97. The van der Waals surface area contributed by atoms with Gasteiger partial charge in [0, 0.05) is 31.3 Å². The molecule has 1 rings (SSSR count). The highest BCUT2D eigenvalue weighted by Gasteiger charge is 1.97. The van der Waals surface area contributed by atoms with Crippen LogP contribution in [-0.2, 0) is 9.59 Å². The molecule has 16 heavy (non-hydrogen) atoms. The molecule has 0 spiro atoms. The Bertz CT molecular complexity index is 373. The Morgan fingerprint density at radius 1 is 1.19 bits per heavy atom. The molecular weight excluding hydrogens is 206 g/mol. The Labute approximate surface area is 94.0 Å². The molecule has 0 saturated heterocycles. The van der Waals surface area contributed by atoms with E-state index in [1.807, 2.05) is 12.1 Å². The van der Waals surface area contributed by atoms with Crippen molar-refractivity contribution in [2.45, 2.75) is 13.3 Å². The average molecular weight is 221 g/mol. The number of primary amides is 1. The van der Waals surface area contributed by atoms with E-state index >= 15 is 0 Å². The molecule has 0 fully saturated rings. The number of nitrogens with one attached hydrogen (secondary N) is 2. The lowest BCUT2D eigenvalue weighted by atomic mass is 10.2. The van der Waals surface area contributed by atoms with Crippen LogP contribution in [0.25, 0.3) is 0 Å². The Morgan fingerprint density at radius 2 is 1.75 bits per heavy atom. The van der Waals surface area contributed by atoms with Gasteiger partial charge in [0.25, 0.3) is 0 Å². The first-order chi connectivity index (χ1) is 7.58. The third-order valence-corrected chi connectivity index (χ3v) is 1.91. The number of amides is 2. The molecular formula is C11H15N3O2. The van der Waals surface area contributed by atoms with E-state index < -0.39 is 0 Å². The van der Waals surface area contributed by atoms with E-state index in [0.717, 1.165) is 11.4 Å². The monoisotopic (exact) mass is 221 g/mol. The summed E-state index contributed by atoms with van der Waals surface area (Å²) < 4.78 is 0. The Balaban J connectivity index is 2.45. The van der Waals surface area contributed by atoms with Gasteiger partial charge in [-0.2, -0.15) is 0 Å². The van der Waals surface area contributed by atoms with Crippen LogP contribution in [-0.4, -0.2) is 18.4 Å². The van der Waals surface area contributed by atoms with Crippen molar-refractivity contribution in [3.05, 3.63) is 24.3 Å². The van der Waals surface area contributed by atoms with Crippen LogP contribution in [0.2, 0.25) is 0 Å². The first kappa shape index (κ1) is 12.0. The number of carbonyl (C=O) groups excluding carboxylic acids is 2. The maximum Gasteiger partial charge on any atom is 0.221 e. The van der Waals surface area contributed by atoms with Crippen molar-refractivity contribution >= 4 is 23.2 Å². The average Bonchev–Trinajstić information content (AvgIpc) is 2.19. The Hall–Kier alpha value is -2.04. The predicted molar refractivity (Wildman–Crippen MR) is 63.0 cm³/mol. The minimum absolute atomic E-state index is 0.102. The molecule has 5 heteroatoms. The van der Waals surface area contributed by atoms with E-state index in [1.165, 1.54) is 6.92 Å². The summed E-state index contributed by atoms with van der Waals surface area (Å²) in [5.41, 5.74) is 6.64. The molecule has 0 unspecified atom stereocenters. The van der Waals surface area contributed by atoms with Gasteiger partial charge in [-0.15, -0.1) is 0 Å². The molecule has 2 amide bonds. The fourth-order valence-corrected chi connectivity index (χ4v) is 1.20. The van der Waals surface area contributed by atoms with Gasteiger partial charge in [0.15, 0.2) is 0 Å². The van der Waals surface area contributed by atoms with Crippen molar-refractivity contribution in [2.75, 3.05) is 17.2 Å². The maximum absolute atomic E-state index is 10.8. The van der Waals surface area contributed by atoms with Crippen LogP contribution in [0.5, 0.6) is 0 Å². The number of anilines is 2. The van der Waals surface area contributed by atoms with Crippen LogP contribution < -0.4 is 16.4 Å². The predicted octanol–water partition coefficient (Wildman–Crippen LogP) is 0.932. The highest BCUT2D eigenvalue weighted by Crippen LogP contribution is 2.13. The van der Waals surface area contributed by atoms with Gasteiger partial charge in [-0.1, -0.05) is 0 Å². The summed E-state index contributed by atoms with van der Waals surface area (Å²) in [4.78, 5) is 21.3. The maximum atomic E-state index is 10.8. The molecule has 1 aromatic carbocycles. The summed E-state index contributed by atoms with van der Waals surface area (Å²) in [5.74, 6) is -0.434. The summed E-state index contributed by atoms with van der Waals surface area (Å²) in [6.07, 6.45) is 0.299. The zero-order chi connectivity index (χ0) is 12.0. The van der Waals surface area contributed by atoms with E-state index in [0.29, 0.717) is 13.0 Å². The fraction of sp³-hybridized carbons (Fsp3) is 0.273. The normalized spacial score (nSPS) is 9.56. The SMILES string of the molecule is CC(=O)Nc1ccc(NCCC(N)=O)cc1. The second kappa shape index (κ2) is 5.75. The number of benzene rings is 1. The van der Waals surface area contributed by atoms with Crippen LogP contribution in [0.1, 0.15) is 13.3 Å². The number of hydrogen-bond donors (Lipinski definition) is 3. The van der Waals surface area contributed by atoms with E-state index in [9.17, 15) is 9.59 Å². The number of nitrogens with two attached hydrogens (primary N) is 1. The van der Waals surface area contributed by atoms with Gasteiger partial charge in [-0.3, -0.25) is 9.59 Å². The van der Waals surface area contributed by atoms with Crippen molar-refractivity contribution in [3.63, 3.8) is 0 Å². The van der Waals surface area contributed by atoms with E-state index in [-0.39, 0.29) is 11.8 Å². The van der Waals surface area contributed by atoms with Crippen LogP contribution in [0.3, 0.4) is 0 Å². The molecule has 0 radical (unpaired) electrons. The van der Waals surface area contributed by atoms with Gasteiger partial charge in [-0.25, -0.2) is 0 Å². The van der Waals surface area contributed by atoms with Gasteiger partial charge < -0.3 is 16.4 Å². The highest BCUT2D eigenvalue weighted by atomic mass is 16.1. The van der Waals surface area contributed by atoms with Crippen LogP contribution in [0.15, 0.2) is 24.3 Å². The topological polar surface area (TPSA) is 84.2 Å². The van der Waals surface area contributed by atoms with Gasteiger partial charge in [-0.05, 0) is 24.3 Å². The summed E-state index contributed by atoms with van der Waals surface area (Å²) in [5, 5.41) is 5.71. The standard InChI is InChI=1S/C11H15N3O2/c1-8(15)14-10-4-2-9(3-5-10)13-7-6-11(12)16/h2-5,13H,6-7H2,1H3,(H2,12,16)(H,14,15). The van der Waals surface area contributed by atoms with Crippen molar-refractivity contribution in [1.29, 1.82) is 0 Å². The van der Waals surface area contributed by atoms with E-state index in [4.69, 9.17) is 5.73 Å². The fourth-order valence-electron chi connectivity index (χ4n) is 1.20. The number of hydrogen-bond acceptors (Lipinski definition) is 3. The summed E-state index contributed by atoms with van der Waals surface area (Å²) in [6, 6.07) is 7.22. The highest BCUT2D eigenvalue weighted by molar-refractivity contribution is 5.88. The van der Waals surface area contributed by atoms with Crippen LogP contribution in [0, 0.1) is 0 Å². The first-order valence-corrected chi connectivity index (χ1v) is 4.98. The molecule has 0 atom stereocenters. The smallest absolute Gasteiger partial charge is 0.221 e. The molecule has 0 bridgehead atoms. The van der Waals surface area contributed by atoms with Crippen LogP contribution in [0.4, 0.5) is 11.4 Å². The minimum Gasteiger partial charge on any atom is -0.385 e. The lowest BCUT2D eigenvalue weighted by molar-refractivity contribution is -0.117. The Morgan fingerprint density at radius 3 is 2.25 bits per heavy atom. The van der Waals surface area contributed by atoms with Crippen molar-refractivity contribution in [1.82, 2.24) is 0 Å². The minimum atomic E-state index is -0.331. The molecule has 5 nitrogen and oxygen atoms in total. The second-order valence-electron chi connectivity index (χ2n) is 3.40. The molecule has 0 aromatic heterocycles. The number of rotatable bonds is 5. The third-order valence-electron chi connectivity index (χ3n) is 1.91. The summed E-state index contributed by atoms with van der Waals surface area (Å²) >= 11 is 0. The van der Waals surface area contributed by atoms with Gasteiger partial charge >= 0.3 is 0 Å². The largest absolute Gasteiger partial charge is 0.385 e. The summed E-state index contributed by atoms with van der Waals surface area (Å²) in [7, 11) is 0. The van der Waals surface area contributed by atoms with E-state index in [1.54, 1.807) is 12.1 Å². The zero-order valence-corrected chi connectivity index (χ0v) is 9.12. The molecule has 4 N–H and O–H groups in total. The number of carbonyl (C=O) groups is 2.